The molecule has 1 aliphatic heterocycles. The molecule has 6 atom stereocenters. The number of hydrogen-bond acceptors (Lipinski definition) is 5. The van der Waals surface area contributed by atoms with Crippen LogP contribution < -0.4 is 16.0 Å². The van der Waals surface area contributed by atoms with E-state index in [9.17, 15) is 24.3 Å². The van der Waals surface area contributed by atoms with Gasteiger partial charge in [-0.2, -0.15) is 0 Å². The number of amides is 4. The molecule has 1 saturated heterocycles. The van der Waals surface area contributed by atoms with Gasteiger partial charge in [0.1, 0.15) is 12.1 Å². The van der Waals surface area contributed by atoms with Crippen molar-refractivity contribution in [1.29, 1.82) is 0 Å². The molecule has 3 aliphatic carbocycles. The van der Waals surface area contributed by atoms with E-state index in [-0.39, 0.29) is 52.8 Å². The summed E-state index contributed by atoms with van der Waals surface area (Å²) >= 11 is 0. The van der Waals surface area contributed by atoms with Crippen LogP contribution in [0.4, 0.5) is 0 Å². The quantitative estimate of drug-likeness (QED) is 0.336. The van der Waals surface area contributed by atoms with Gasteiger partial charge < -0.3 is 26.0 Å². The van der Waals surface area contributed by atoms with Crippen LogP contribution in [-0.2, 0) is 19.2 Å². The number of nitrogens with zero attached hydrogens (tertiary/aromatic N) is 1. The van der Waals surface area contributed by atoms with E-state index in [1.807, 2.05) is 13.8 Å². The van der Waals surface area contributed by atoms with Crippen LogP contribution in [0.25, 0.3) is 0 Å². The van der Waals surface area contributed by atoms with Gasteiger partial charge in [-0.15, -0.1) is 0 Å². The van der Waals surface area contributed by atoms with Gasteiger partial charge in [0.15, 0.2) is 6.10 Å². The minimum atomic E-state index is -1.32. The first kappa shape index (κ1) is 26.9. The first-order chi connectivity index (χ1) is 16.8. The zero-order valence-corrected chi connectivity index (χ0v) is 22.5. The molecular formula is C27H44N4O5. The van der Waals surface area contributed by atoms with Crippen molar-refractivity contribution in [3.05, 3.63) is 0 Å². The molecule has 1 heterocycles. The van der Waals surface area contributed by atoms with Crippen molar-refractivity contribution in [3.63, 3.8) is 0 Å². The maximum absolute atomic E-state index is 13.7. The van der Waals surface area contributed by atoms with Crippen LogP contribution in [0.15, 0.2) is 0 Å². The van der Waals surface area contributed by atoms with Gasteiger partial charge in [0.05, 0.1) is 6.04 Å². The number of carbonyl (C=O) groups excluding carboxylic acids is 4. The third kappa shape index (κ3) is 5.55. The first-order valence-corrected chi connectivity index (χ1v) is 13.7. The Kier molecular flexibility index (Phi) is 7.43. The molecule has 4 amide bonds. The minimum Gasteiger partial charge on any atom is -0.381 e. The van der Waals surface area contributed by atoms with Crippen LogP contribution in [0.1, 0.15) is 73.6 Å². The largest absolute Gasteiger partial charge is 0.381 e. The average Bonchev–Trinajstić information content (AvgIpc) is 3.75. The Balaban J connectivity index is 1.50. The highest BCUT2D eigenvalue weighted by atomic mass is 16.3. The number of aliphatic hydroxyl groups is 1. The van der Waals surface area contributed by atoms with Gasteiger partial charge in [-0.05, 0) is 48.3 Å². The van der Waals surface area contributed by atoms with Crippen molar-refractivity contribution < 1.29 is 24.3 Å². The van der Waals surface area contributed by atoms with Gasteiger partial charge in [0.25, 0.3) is 5.91 Å². The van der Waals surface area contributed by atoms with Crippen LogP contribution in [0.3, 0.4) is 0 Å². The number of carbonyl (C=O) groups is 4. The molecule has 3 saturated carbocycles. The fourth-order valence-electron chi connectivity index (χ4n) is 5.77. The molecule has 4 N–H and O–H groups in total. The Labute approximate surface area is 214 Å². The normalized spacial score (nSPS) is 28.8. The average molecular weight is 505 g/mol. The molecule has 0 aromatic carbocycles. The maximum atomic E-state index is 13.7. The topological polar surface area (TPSA) is 128 Å². The van der Waals surface area contributed by atoms with Crippen molar-refractivity contribution in [3.8, 4) is 0 Å². The van der Waals surface area contributed by atoms with E-state index in [1.165, 1.54) is 0 Å². The predicted octanol–water partition coefficient (Wildman–Crippen LogP) is 1.19. The minimum absolute atomic E-state index is 0.00840. The summed E-state index contributed by atoms with van der Waals surface area (Å²) in [5, 5.41) is 19.5. The molecule has 4 aliphatic rings. The van der Waals surface area contributed by atoms with Crippen molar-refractivity contribution in [2.45, 2.75) is 104 Å². The molecule has 4 rings (SSSR count). The number of nitrogens with one attached hydrogen (secondary N) is 3. The van der Waals surface area contributed by atoms with Crippen LogP contribution in [-0.4, -0.2) is 70.5 Å². The van der Waals surface area contributed by atoms with Crippen LogP contribution in [0.5, 0.6) is 0 Å². The summed E-state index contributed by atoms with van der Waals surface area (Å²) in [7, 11) is 0. The second-order valence-electron chi connectivity index (χ2n) is 12.8. The summed E-state index contributed by atoms with van der Waals surface area (Å²) in [5.41, 5.74) is -0.0682. The third-order valence-corrected chi connectivity index (χ3v) is 8.70. The van der Waals surface area contributed by atoms with E-state index < -0.39 is 30.1 Å². The molecule has 202 valence electrons. The molecule has 0 radical (unpaired) electrons. The highest BCUT2D eigenvalue weighted by Gasteiger charge is 2.69. The van der Waals surface area contributed by atoms with Gasteiger partial charge in [-0.3, -0.25) is 19.2 Å². The number of fused-ring (bicyclic) bond motifs is 1. The molecule has 0 spiro atoms. The van der Waals surface area contributed by atoms with Gasteiger partial charge in [0, 0.05) is 18.5 Å². The van der Waals surface area contributed by atoms with Gasteiger partial charge in [-0.25, -0.2) is 0 Å². The summed E-state index contributed by atoms with van der Waals surface area (Å²) in [6.07, 6.45) is 3.11. The summed E-state index contributed by atoms with van der Waals surface area (Å²) in [5.74, 6) is -0.979. The second kappa shape index (κ2) is 9.95. The van der Waals surface area contributed by atoms with Crippen LogP contribution >= 0.6 is 0 Å². The Bertz CT molecular complexity index is 895. The molecular weight excluding hydrogens is 460 g/mol. The molecule has 9 heteroatoms. The van der Waals surface area contributed by atoms with Gasteiger partial charge >= 0.3 is 0 Å². The molecule has 3 unspecified atom stereocenters. The Morgan fingerprint density at radius 2 is 1.61 bits per heavy atom. The number of hydrogen-bond donors (Lipinski definition) is 4. The highest BCUT2D eigenvalue weighted by Crippen LogP contribution is 2.65. The first-order valence-electron chi connectivity index (χ1n) is 13.7. The fraction of sp³-hybridized carbons (Fsp3) is 0.852. The lowest BCUT2D eigenvalue weighted by atomic mass is 9.96. The monoisotopic (exact) mass is 504 g/mol. The standard InChI is InChI=1S/C27H44N4O5/c1-13(2)20(30-23(33)14(3)4)26(36)31-12-17-19(27(17,5)6)21(31)24(34)29-18(11-15-7-8-15)22(32)25(35)28-16-9-10-16/h13-22,32H,7-12H2,1-6H3,(H,28,35)(H,29,34)(H,30,33)/t17-,18?,19-,20?,21-,22?/m0/s1. The summed E-state index contributed by atoms with van der Waals surface area (Å²) < 4.78 is 0. The zero-order valence-electron chi connectivity index (χ0n) is 22.5. The van der Waals surface area contributed by atoms with E-state index in [0.29, 0.717) is 18.9 Å². The predicted molar refractivity (Wildman–Crippen MR) is 134 cm³/mol. The van der Waals surface area contributed by atoms with Gasteiger partial charge in [-0.1, -0.05) is 54.4 Å². The number of aliphatic hydroxyl groups excluding tert-OH is 1. The Morgan fingerprint density at radius 3 is 2.14 bits per heavy atom. The summed E-state index contributed by atoms with van der Waals surface area (Å²) in [6, 6.07) is -1.97. The van der Waals surface area contributed by atoms with E-state index in [4.69, 9.17) is 0 Å². The van der Waals surface area contributed by atoms with Crippen molar-refractivity contribution in [2.75, 3.05) is 6.54 Å². The third-order valence-electron chi connectivity index (χ3n) is 8.70. The SMILES string of the molecule is CC(C)C(=O)NC(C(=O)N1C[C@H]2[C@@H]([C@H]1C(=O)NC(CC1CC1)C(O)C(=O)NC1CC1)C2(C)C)C(C)C. The summed E-state index contributed by atoms with van der Waals surface area (Å²) in [6.45, 7) is 12.0. The molecule has 36 heavy (non-hydrogen) atoms. The number of rotatable bonds is 11. The van der Waals surface area contributed by atoms with Crippen LogP contribution in [0, 0.1) is 35.0 Å². The Hall–Kier alpha value is -2.16. The van der Waals surface area contributed by atoms with Crippen molar-refractivity contribution >= 4 is 23.6 Å². The van der Waals surface area contributed by atoms with E-state index in [0.717, 1.165) is 25.7 Å². The summed E-state index contributed by atoms with van der Waals surface area (Å²) in [4.78, 5) is 54.1. The molecule has 0 bridgehead atoms. The fourth-order valence-corrected chi connectivity index (χ4v) is 5.77. The van der Waals surface area contributed by atoms with E-state index >= 15 is 0 Å². The molecule has 4 fully saturated rings. The van der Waals surface area contributed by atoms with Crippen LogP contribution in [0.2, 0.25) is 0 Å². The van der Waals surface area contributed by atoms with Crippen molar-refractivity contribution in [2.24, 2.45) is 35.0 Å². The second-order valence-corrected chi connectivity index (χ2v) is 12.8. The highest BCUT2D eigenvalue weighted by molar-refractivity contribution is 5.94. The lowest BCUT2D eigenvalue weighted by Gasteiger charge is -2.35. The number of likely N-dealkylation sites (tertiary alicyclic amines) is 1. The lowest BCUT2D eigenvalue weighted by molar-refractivity contribution is -0.145. The maximum Gasteiger partial charge on any atom is 0.251 e. The van der Waals surface area contributed by atoms with E-state index in [1.54, 1.807) is 18.7 Å². The van der Waals surface area contributed by atoms with Crippen molar-refractivity contribution in [1.82, 2.24) is 20.9 Å². The molecule has 0 aromatic heterocycles. The number of piperidine rings is 1. The van der Waals surface area contributed by atoms with E-state index in [2.05, 4.69) is 29.8 Å². The zero-order chi connectivity index (χ0) is 26.5. The smallest absolute Gasteiger partial charge is 0.251 e. The Morgan fingerprint density at radius 1 is 0.972 bits per heavy atom. The lowest BCUT2D eigenvalue weighted by Crippen LogP contribution is -2.60. The molecule has 9 nitrogen and oxygen atoms in total. The molecule has 0 aromatic rings. The van der Waals surface area contributed by atoms with Gasteiger partial charge in [0.2, 0.25) is 17.7 Å².